The Morgan fingerprint density at radius 3 is 2.77 bits per heavy atom. The first-order valence-electron chi connectivity index (χ1n) is 3.40. The van der Waals surface area contributed by atoms with Gasteiger partial charge in [0.25, 0.3) is 0 Å². The Bertz CT molecular complexity index is 465. The molecule has 4 nitrogen and oxygen atoms in total. The Morgan fingerprint density at radius 2 is 2.08 bits per heavy atom. The predicted octanol–water partition coefficient (Wildman–Crippen LogP) is 1.40. The molecule has 0 saturated heterocycles. The van der Waals surface area contributed by atoms with E-state index in [1.54, 1.807) is 0 Å². The number of nitrogen functional groups attached to an aromatic ring is 1. The van der Waals surface area contributed by atoms with Gasteiger partial charge in [-0.25, -0.2) is 19.3 Å². The van der Waals surface area contributed by atoms with Crippen LogP contribution < -0.4 is 5.73 Å². The number of hydrogen-bond acceptors (Lipinski definition) is 4. The van der Waals surface area contributed by atoms with Crippen LogP contribution >= 0.6 is 11.6 Å². The summed E-state index contributed by atoms with van der Waals surface area (Å²) in [6.07, 6.45) is 2.20. The molecule has 0 atom stereocenters. The lowest BCUT2D eigenvalue weighted by atomic mass is 10.3. The molecule has 2 heterocycles. The highest BCUT2D eigenvalue weighted by atomic mass is 35.5. The Labute approximate surface area is 77.6 Å². The van der Waals surface area contributed by atoms with Gasteiger partial charge in [-0.05, 0) is 0 Å². The van der Waals surface area contributed by atoms with E-state index in [-0.39, 0.29) is 21.9 Å². The number of fused-ring (bicyclic) bond motifs is 1. The summed E-state index contributed by atoms with van der Waals surface area (Å²) in [6, 6.07) is 0. The van der Waals surface area contributed by atoms with Crippen LogP contribution in [0.2, 0.25) is 5.15 Å². The molecule has 13 heavy (non-hydrogen) atoms. The van der Waals surface area contributed by atoms with Crippen LogP contribution in [0.3, 0.4) is 0 Å². The van der Waals surface area contributed by atoms with Crippen molar-refractivity contribution in [1.82, 2.24) is 15.0 Å². The summed E-state index contributed by atoms with van der Waals surface area (Å²) < 4.78 is 13.1. The van der Waals surface area contributed by atoms with Crippen molar-refractivity contribution in [3.05, 3.63) is 23.5 Å². The van der Waals surface area contributed by atoms with E-state index in [4.69, 9.17) is 17.3 Å². The molecule has 0 aromatic carbocycles. The minimum absolute atomic E-state index is 0.0619. The largest absolute Gasteiger partial charge is 0.383 e. The number of hydrogen-bond donors (Lipinski definition) is 1. The Hall–Kier alpha value is -1.49. The molecule has 0 amide bonds. The lowest BCUT2D eigenvalue weighted by Gasteiger charge is -2.01. The molecule has 2 N–H and O–H groups in total. The van der Waals surface area contributed by atoms with Crippen molar-refractivity contribution in [2.45, 2.75) is 0 Å². The standard InChI is InChI=1S/C7H4ClFN4/c8-6-5-4(3(9)1-11-6)7(10)13-2-12-5/h1-2H,(H2,10,12,13). The number of pyridine rings is 1. The van der Waals surface area contributed by atoms with Crippen LogP contribution in [0.1, 0.15) is 0 Å². The van der Waals surface area contributed by atoms with Crippen molar-refractivity contribution in [2.24, 2.45) is 0 Å². The predicted molar refractivity (Wildman–Crippen MR) is 46.7 cm³/mol. The third kappa shape index (κ3) is 1.17. The Kier molecular flexibility index (Phi) is 1.73. The van der Waals surface area contributed by atoms with Crippen molar-refractivity contribution in [1.29, 1.82) is 0 Å². The highest BCUT2D eigenvalue weighted by molar-refractivity contribution is 6.34. The zero-order chi connectivity index (χ0) is 9.42. The highest BCUT2D eigenvalue weighted by Crippen LogP contribution is 2.24. The third-order valence-corrected chi connectivity index (χ3v) is 1.88. The minimum atomic E-state index is -0.572. The summed E-state index contributed by atoms with van der Waals surface area (Å²) in [7, 11) is 0. The van der Waals surface area contributed by atoms with E-state index < -0.39 is 5.82 Å². The maximum Gasteiger partial charge on any atom is 0.155 e. The topological polar surface area (TPSA) is 64.7 Å². The van der Waals surface area contributed by atoms with E-state index in [0.717, 1.165) is 6.20 Å². The van der Waals surface area contributed by atoms with Gasteiger partial charge >= 0.3 is 0 Å². The van der Waals surface area contributed by atoms with Gasteiger partial charge in [-0.15, -0.1) is 0 Å². The fraction of sp³-hybridized carbons (Fsp3) is 0. The molecule has 0 aliphatic heterocycles. The molecule has 66 valence electrons. The smallest absolute Gasteiger partial charge is 0.155 e. The molecule has 0 bridgehead atoms. The zero-order valence-corrected chi connectivity index (χ0v) is 7.09. The average molecular weight is 199 g/mol. The highest BCUT2D eigenvalue weighted by Gasteiger charge is 2.10. The molecular weight excluding hydrogens is 195 g/mol. The van der Waals surface area contributed by atoms with E-state index in [0.29, 0.717) is 0 Å². The number of nitrogens with two attached hydrogens (primary N) is 1. The molecule has 0 saturated carbocycles. The molecular formula is C7H4ClFN4. The zero-order valence-electron chi connectivity index (χ0n) is 6.33. The van der Waals surface area contributed by atoms with E-state index in [2.05, 4.69) is 15.0 Å². The van der Waals surface area contributed by atoms with Gasteiger partial charge in [-0.1, -0.05) is 11.6 Å². The summed E-state index contributed by atoms with van der Waals surface area (Å²) in [5.74, 6) is -0.510. The van der Waals surface area contributed by atoms with E-state index in [1.165, 1.54) is 6.33 Å². The molecule has 0 spiro atoms. The van der Waals surface area contributed by atoms with Crippen LogP contribution in [0.5, 0.6) is 0 Å². The molecule has 0 aliphatic carbocycles. The summed E-state index contributed by atoms with van der Waals surface area (Å²) in [4.78, 5) is 11.0. The molecule has 0 aliphatic rings. The van der Waals surface area contributed by atoms with Crippen molar-refractivity contribution < 1.29 is 4.39 Å². The Morgan fingerprint density at radius 1 is 1.31 bits per heavy atom. The monoisotopic (exact) mass is 198 g/mol. The molecule has 2 rings (SSSR count). The van der Waals surface area contributed by atoms with Gasteiger partial charge in [0.1, 0.15) is 17.7 Å². The number of aromatic nitrogens is 3. The van der Waals surface area contributed by atoms with E-state index in [9.17, 15) is 4.39 Å². The number of halogens is 2. The second-order valence-corrected chi connectivity index (χ2v) is 2.74. The first-order chi connectivity index (χ1) is 6.20. The van der Waals surface area contributed by atoms with Crippen LogP contribution in [0.25, 0.3) is 10.9 Å². The first-order valence-corrected chi connectivity index (χ1v) is 3.78. The van der Waals surface area contributed by atoms with Gasteiger partial charge in [0.15, 0.2) is 11.0 Å². The molecule has 0 unspecified atom stereocenters. The molecule has 0 fully saturated rings. The second-order valence-electron chi connectivity index (χ2n) is 2.38. The van der Waals surface area contributed by atoms with E-state index in [1.807, 2.05) is 0 Å². The quantitative estimate of drug-likeness (QED) is 0.650. The van der Waals surface area contributed by atoms with Gasteiger partial charge in [-0.2, -0.15) is 0 Å². The summed E-state index contributed by atoms with van der Waals surface area (Å²) >= 11 is 5.68. The summed E-state index contributed by atoms with van der Waals surface area (Å²) in [6.45, 7) is 0. The Balaban J connectivity index is 3.00. The summed E-state index contributed by atoms with van der Waals surface area (Å²) in [5.41, 5.74) is 5.68. The molecule has 0 radical (unpaired) electrons. The van der Waals surface area contributed by atoms with Crippen LogP contribution in [0.15, 0.2) is 12.5 Å². The fourth-order valence-corrected chi connectivity index (χ4v) is 1.22. The molecule has 2 aromatic rings. The lowest BCUT2D eigenvalue weighted by Crippen LogP contribution is -1.97. The third-order valence-electron chi connectivity index (χ3n) is 1.60. The number of rotatable bonds is 0. The molecule has 2 aromatic heterocycles. The minimum Gasteiger partial charge on any atom is -0.383 e. The summed E-state index contributed by atoms with van der Waals surface area (Å²) in [5, 5.41) is 0.230. The van der Waals surface area contributed by atoms with Crippen molar-refractivity contribution in [2.75, 3.05) is 5.73 Å². The van der Waals surface area contributed by atoms with Gasteiger partial charge < -0.3 is 5.73 Å². The van der Waals surface area contributed by atoms with Crippen molar-refractivity contribution in [3.8, 4) is 0 Å². The van der Waals surface area contributed by atoms with Gasteiger partial charge in [0.05, 0.1) is 11.6 Å². The van der Waals surface area contributed by atoms with Crippen LogP contribution in [0.4, 0.5) is 10.2 Å². The lowest BCUT2D eigenvalue weighted by molar-refractivity contribution is 0.633. The second kappa shape index (κ2) is 2.77. The normalized spacial score (nSPS) is 10.6. The van der Waals surface area contributed by atoms with Crippen LogP contribution in [-0.4, -0.2) is 15.0 Å². The fourth-order valence-electron chi connectivity index (χ4n) is 1.03. The van der Waals surface area contributed by atoms with Crippen molar-refractivity contribution >= 4 is 28.3 Å². The van der Waals surface area contributed by atoms with Gasteiger partial charge in [0, 0.05) is 0 Å². The SMILES string of the molecule is Nc1ncnc2c(Cl)ncc(F)c12. The maximum atomic E-state index is 13.1. The van der Waals surface area contributed by atoms with Crippen LogP contribution in [0, 0.1) is 5.82 Å². The molecule has 6 heteroatoms. The average Bonchev–Trinajstić information content (AvgIpc) is 2.12. The number of anilines is 1. The number of nitrogens with zero attached hydrogens (tertiary/aromatic N) is 3. The first kappa shape index (κ1) is 8.12. The van der Waals surface area contributed by atoms with Crippen LogP contribution in [-0.2, 0) is 0 Å². The maximum absolute atomic E-state index is 13.1. The van der Waals surface area contributed by atoms with Gasteiger partial charge in [-0.3, -0.25) is 0 Å². The van der Waals surface area contributed by atoms with E-state index >= 15 is 0 Å². The van der Waals surface area contributed by atoms with Crippen molar-refractivity contribution in [3.63, 3.8) is 0 Å². The van der Waals surface area contributed by atoms with Gasteiger partial charge in [0.2, 0.25) is 0 Å².